The van der Waals surface area contributed by atoms with Gasteiger partial charge in [0.2, 0.25) is 5.95 Å². The van der Waals surface area contributed by atoms with Crippen LogP contribution in [0.2, 0.25) is 0 Å². The summed E-state index contributed by atoms with van der Waals surface area (Å²) in [6.07, 6.45) is 6.76. The molecule has 0 amide bonds. The van der Waals surface area contributed by atoms with Crippen LogP contribution < -0.4 is 16.0 Å². The van der Waals surface area contributed by atoms with Crippen LogP contribution in [0.4, 0.5) is 17.5 Å². The smallest absolute Gasteiger partial charge is 0.303 e. The Balaban J connectivity index is 1.33. The van der Waals surface area contributed by atoms with Crippen LogP contribution in [0.3, 0.4) is 0 Å². The predicted octanol–water partition coefficient (Wildman–Crippen LogP) is 3.99. The quantitative estimate of drug-likeness (QED) is 0.280. The van der Waals surface area contributed by atoms with Gasteiger partial charge in [-0.2, -0.15) is 0 Å². The Morgan fingerprint density at radius 2 is 1.97 bits per heavy atom. The van der Waals surface area contributed by atoms with Crippen molar-refractivity contribution >= 4 is 23.4 Å². The van der Waals surface area contributed by atoms with E-state index in [1.165, 1.54) is 5.56 Å². The normalized spacial score (nSPS) is 14.5. The average molecular weight is 490 g/mol. The van der Waals surface area contributed by atoms with Crippen molar-refractivity contribution in [2.45, 2.75) is 32.2 Å². The Morgan fingerprint density at radius 3 is 2.72 bits per heavy atom. The van der Waals surface area contributed by atoms with Crippen molar-refractivity contribution in [1.82, 2.24) is 25.2 Å². The number of anilines is 3. The van der Waals surface area contributed by atoms with E-state index in [1.807, 2.05) is 43.6 Å². The third-order valence-electron chi connectivity index (χ3n) is 6.38. The lowest BCUT2D eigenvalue weighted by Gasteiger charge is -2.31. The maximum Gasteiger partial charge on any atom is 0.303 e. The number of aromatic nitrogens is 3. The number of carbonyl (C=O) groups is 1. The lowest BCUT2D eigenvalue weighted by molar-refractivity contribution is -0.138. The number of hydrogen-bond acceptors (Lipinski definition) is 8. The summed E-state index contributed by atoms with van der Waals surface area (Å²) in [5.74, 6) is 0.986. The van der Waals surface area contributed by atoms with Crippen molar-refractivity contribution in [3.63, 3.8) is 0 Å². The molecular formula is C27H35N7O2. The molecule has 36 heavy (non-hydrogen) atoms. The number of likely N-dealkylation sites (tertiary alicyclic amines) is 1. The molecule has 0 atom stereocenters. The second-order valence-electron chi connectivity index (χ2n) is 9.22. The number of nitrogens with one attached hydrogen (secondary N) is 3. The van der Waals surface area contributed by atoms with E-state index in [0.717, 1.165) is 74.7 Å². The number of hydrogen-bond donors (Lipinski definition) is 4. The first-order valence-corrected chi connectivity index (χ1v) is 12.6. The molecule has 1 fully saturated rings. The van der Waals surface area contributed by atoms with Gasteiger partial charge in [0.25, 0.3) is 0 Å². The summed E-state index contributed by atoms with van der Waals surface area (Å²) in [6, 6.07) is 14.1. The molecule has 3 aromatic rings. The molecule has 0 bridgehead atoms. The van der Waals surface area contributed by atoms with Gasteiger partial charge in [0.05, 0.1) is 5.69 Å². The number of carboxylic acids is 1. The maximum absolute atomic E-state index is 11.0. The number of carboxylic acid groups (broad SMARTS) is 1. The molecule has 9 nitrogen and oxygen atoms in total. The summed E-state index contributed by atoms with van der Waals surface area (Å²) in [5.41, 5.74) is 3.88. The first-order valence-electron chi connectivity index (χ1n) is 12.6. The van der Waals surface area contributed by atoms with Crippen LogP contribution in [-0.2, 0) is 11.3 Å². The highest BCUT2D eigenvalue weighted by Gasteiger charge is 2.21. The highest BCUT2D eigenvalue weighted by Crippen LogP contribution is 2.24. The molecule has 0 aliphatic carbocycles. The van der Waals surface area contributed by atoms with Crippen LogP contribution in [0.1, 0.15) is 31.2 Å². The molecule has 190 valence electrons. The molecule has 0 unspecified atom stereocenters. The summed E-state index contributed by atoms with van der Waals surface area (Å²) >= 11 is 0. The lowest BCUT2D eigenvalue weighted by atomic mass is 9.93. The number of pyridine rings is 1. The van der Waals surface area contributed by atoms with Crippen LogP contribution >= 0.6 is 0 Å². The van der Waals surface area contributed by atoms with E-state index in [0.29, 0.717) is 11.9 Å². The zero-order chi connectivity index (χ0) is 25.2. The van der Waals surface area contributed by atoms with E-state index in [4.69, 9.17) is 5.11 Å². The number of rotatable bonds is 12. The van der Waals surface area contributed by atoms with Crippen molar-refractivity contribution in [3.8, 4) is 11.3 Å². The molecule has 4 N–H and O–H groups in total. The second-order valence-corrected chi connectivity index (χ2v) is 9.22. The molecule has 0 saturated carbocycles. The number of piperidine rings is 1. The van der Waals surface area contributed by atoms with Crippen molar-refractivity contribution in [3.05, 3.63) is 60.4 Å². The fraction of sp³-hybridized carbons (Fsp3) is 0.407. The first-order chi connectivity index (χ1) is 17.6. The Hall–Kier alpha value is -3.56. The zero-order valence-corrected chi connectivity index (χ0v) is 20.8. The van der Waals surface area contributed by atoms with Gasteiger partial charge in [-0.1, -0.05) is 12.1 Å². The van der Waals surface area contributed by atoms with Crippen LogP contribution in [0.5, 0.6) is 0 Å². The average Bonchev–Trinajstić information content (AvgIpc) is 2.88. The van der Waals surface area contributed by atoms with Gasteiger partial charge in [-0.05, 0) is 87.8 Å². The van der Waals surface area contributed by atoms with E-state index < -0.39 is 5.97 Å². The molecule has 1 aliphatic rings. The predicted molar refractivity (Wildman–Crippen MR) is 142 cm³/mol. The maximum atomic E-state index is 11.0. The molecule has 0 spiro atoms. The minimum Gasteiger partial charge on any atom is -0.481 e. The highest BCUT2D eigenvalue weighted by molar-refractivity contribution is 5.67. The second kappa shape index (κ2) is 12.9. The van der Waals surface area contributed by atoms with Crippen LogP contribution in [0.15, 0.2) is 54.9 Å². The molecule has 1 aromatic carbocycles. The van der Waals surface area contributed by atoms with Gasteiger partial charge in [-0.15, -0.1) is 0 Å². The number of benzene rings is 1. The number of aliphatic carboxylic acids is 1. The molecule has 2 aromatic heterocycles. The zero-order valence-electron chi connectivity index (χ0n) is 20.8. The molecule has 9 heteroatoms. The molecule has 0 radical (unpaired) electrons. The Labute approximate surface area is 212 Å². The van der Waals surface area contributed by atoms with Crippen LogP contribution in [0.25, 0.3) is 11.3 Å². The molecular weight excluding hydrogens is 454 g/mol. The SMILES string of the molecule is CNCCCNc1ccc(-c2ccnc(Nc3cccc(CN4CCC(CC(=O)O)CC4)c3)n2)cn1. The van der Waals surface area contributed by atoms with Gasteiger partial charge in [-0.25, -0.2) is 15.0 Å². The van der Waals surface area contributed by atoms with Gasteiger partial charge in [0.15, 0.2) is 0 Å². The van der Waals surface area contributed by atoms with E-state index in [9.17, 15) is 4.79 Å². The monoisotopic (exact) mass is 489 g/mol. The molecule has 4 rings (SSSR count). The van der Waals surface area contributed by atoms with Crippen molar-refractivity contribution in [1.29, 1.82) is 0 Å². The third kappa shape index (κ3) is 7.73. The summed E-state index contributed by atoms with van der Waals surface area (Å²) in [5, 5.41) is 18.8. The summed E-state index contributed by atoms with van der Waals surface area (Å²) in [6.45, 7) is 4.55. The van der Waals surface area contributed by atoms with Crippen molar-refractivity contribution < 1.29 is 9.90 Å². The van der Waals surface area contributed by atoms with E-state index in [-0.39, 0.29) is 6.42 Å². The lowest BCUT2D eigenvalue weighted by Crippen LogP contribution is -2.33. The standard InChI is InChI=1S/C27H35N7O2/c1-28-11-3-12-29-25-7-6-22(18-31-25)24-8-13-30-27(33-24)32-23-5-2-4-21(16-23)19-34-14-9-20(10-15-34)17-26(35)36/h2,4-8,13,16,18,20,28H,3,9-12,14-15,17,19H2,1H3,(H,29,31)(H,35,36)(H,30,32,33). The van der Waals surface area contributed by atoms with Crippen LogP contribution in [0, 0.1) is 5.92 Å². The largest absolute Gasteiger partial charge is 0.481 e. The Morgan fingerprint density at radius 1 is 1.11 bits per heavy atom. The molecule has 1 aliphatic heterocycles. The Kier molecular flexibility index (Phi) is 9.18. The van der Waals surface area contributed by atoms with E-state index >= 15 is 0 Å². The fourth-order valence-corrected chi connectivity index (χ4v) is 4.44. The summed E-state index contributed by atoms with van der Waals surface area (Å²) in [4.78, 5) is 26.9. The molecule has 1 saturated heterocycles. The minimum atomic E-state index is -0.695. The first kappa shape index (κ1) is 25.5. The van der Waals surface area contributed by atoms with E-state index in [1.54, 1.807) is 6.20 Å². The fourth-order valence-electron chi connectivity index (χ4n) is 4.44. The van der Waals surface area contributed by atoms with Crippen LogP contribution in [-0.4, -0.2) is 64.2 Å². The summed E-state index contributed by atoms with van der Waals surface area (Å²) < 4.78 is 0. The number of nitrogens with zero attached hydrogens (tertiary/aromatic N) is 4. The third-order valence-corrected chi connectivity index (χ3v) is 6.38. The van der Waals surface area contributed by atoms with Gasteiger partial charge in [0.1, 0.15) is 5.82 Å². The minimum absolute atomic E-state index is 0.278. The van der Waals surface area contributed by atoms with Gasteiger partial charge < -0.3 is 21.1 Å². The van der Waals surface area contributed by atoms with Gasteiger partial charge in [-0.3, -0.25) is 9.69 Å². The Bertz CT molecular complexity index is 1120. The van der Waals surface area contributed by atoms with Gasteiger partial charge >= 0.3 is 5.97 Å². The van der Waals surface area contributed by atoms with Crippen molar-refractivity contribution in [2.75, 3.05) is 43.9 Å². The molecule has 3 heterocycles. The van der Waals surface area contributed by atoms with E-state index in [2.05, 4.69) is 47.9 Å². The van der Waals surface area contributed by atoms with Gasteiger partial charge in [0, 0.05) is 43.2 Å². The highest BCUT2D eigenvalue weighted by atomic mass is 16.4. The van der Waals surface area contributed by atoms with Crippen molar-refractivity contribution in [2.24, 2.45) is 5.92 Å². The summed E-state index contributed by atoms with van der Waals surface area (Å²) in [7, 11) is 1.95. The topological polar surface area (TPSA) is 115 Å².